The molecule has 0 aliphatic heterocycles. The Kier molecular flexibility index (Phi) is 6.39. The molecule has 2 amide bonds. The lowest BCUT2D eigenvalue weighted by Crippen LogP contribution is -2.48. The second-order valence-electron chi connectivity index (χ2n) is 7.34. The predicted octanol–water partition coefficient (Wildman–Crippen LogP) is 3.06. The molecule has 1 atom stereocenters. The number of hydrogen-bond acceptors (Lipinski definition) is 3. The summed E-state index contributed by atoms with van der Waals surface area (Å²) in [6.07, 6.45) is 2.37. The molecule has 0 saturated carbocycles. The highest BCUT2D eigenvalue weighted by molar-refractivity contribution is 5.88. The topological polar surface area (TPSA) is 71.3 Å². The molecule has 1 aromatic heterocycles. The van der Waals surface area contributed by atoms with Crippen molar-refractivity contribution in [3.63, 3.8) is 0 Å². The molecule has 0 aliphatic rings. The van der Waals surface area contributed by atoms with E-state index < -0.39 is 6.04 Å². The fourth-order valence-corrected chi connectivity index (χ4v) is 2.50. The van der Waals surface area contributed by atoms with Crippen molar-refractivity contribution in [3.05, 3.63) is 60.1 Å². The molecule has 1 aromatic carbocycles. The van der Waals surface area contributed by atoms with E-state index in [1.54, 1.807) is 18.4 Å². The Labute approximate surface area is 148 Å². The van der Waals surface area contributed by atoms with Gasteiger partial charge in [-0.1, -0.05) is 51.1 Å². The van der Waals surface area contributed by atoms with Gasteiger partial charge in [-0.15, -0.1) is 0 Å². The van der Waals surface area contributed by atoms with Crippen molar-refractivity contribution in [2.75, 3.05) is 0 Å². The molecule has 0 aliphatic carbocycles. The van der Waals surface area contributed by atoms with Gasteiger partial charge in [-0.25, -0.2) is 0 Å². The van der Waals surface area contributed by atoms with Crippen molar-refractivity contribution >= 4 is 11.8 Å². The maximum absolute atomic E-state index is 12.6. The van der Waals surface area contributed by atoms with Gasteiger partial charge in [0.25, 0.3) is 0 Å². The Morgan fingerprint density at radius 1 is 1.08 bits per heavy atom. The van der Waals surface area contributed by atoms with E-state index in [0.29, 0.717) is 25.1 Å². The average Bonchev–Trinajstić information content (AvgIpc) is 3.04. The summed E-state index contributed by atoms with van der Waals surface area (Å²) >= 11 is 0. The zero-order valence-electron chi connectivity index (χ0n) is 15.0. The molecule has 0 saturated heterocycles. The normalized spacial score (nSPS) is 12.4. The van der Waals surface area contributed by atoms with Crippen LogP contribution in [-0.2, 0) is 22.6 Å². The van der Waals surface area contributed by atoms with Gasteiger partial charge in [0.1, 0.15) is 11.8 Å². The van der Waals surface area contributed by atoms with Crippen molar-refractivity contribution in [3.8, 4) is 0 Å². The molecular weight excluding hydrogens is 316 g/mol. The van der Waals surface area contributed by atoms with Crippen LogP contribution in [-0.4, -0.2) is 17.9 Å². The summed E-state index contributed by atoms with van der Waals surface area (Å²) in [5, 5.41) is 5.70. The first kappa shape index (κ1) is 18.8. The molecule has 0 spiro atoms. The minimum Gasteiger partial charge on any atom is -0.467 e. The van der Waals surface area contributed by atoms with Crippen LogP contribution in [0.4, 0.5) is 0 Å². The first-order chi connectivity index (χ1) is 11.8. The Bertz CT molecular complexity index is 673. The highest BCUT2D eigenvalue weighted by Gasteiger charge is 2.24. The van der Waals surface area contributed by atoms with E-state index in [4.69, 9.17) is 4.42 Å². The second kappa shape index (κ2) is 8.51. The molecule has 5 nitrogen and oxygen atoms in total. The minimum atomic E-state index is -0.618. The molecule has 2 N–H and O–H groups in total. The van der Waals surface area contributed by atoms with Gasteiger partial charge in [-0.2, -0.15) is 0 Å². The molecule has 134 valence electrons. The lowest BCUT2D eigenvalue weighted by Gasteiger charge is -2.22. The summed E-state index contributed by atoms with van der Waals surface area (Å²) in [5.74, 6) is 0.330. The highest BCUT2D eigenvalue weighted by Crippen LogP contribution is 2.18. The zero-order chi connectivity index (χ0) is 18.3. The fourth-order valence-electron chi connectivity index (χ4n) is 2.50. The van der Waals surface area contributed by atoms with Gasteiger partial charge < -0.3 is 15.1 Å². The third-order valence-corrected chi connectivity index (χ3v) is 3.64. The standard InChI is InChI=1S/C20H26N2O3/c1-20(2,3)13-18(23)22-17(12-15-8-5-4-6-9-15)19(24)21-14-16-10-7-11-25-16/h4-11,17H,12-14H2,1-3H3,(H,21,24)(H,22,23). The number of rotatable bonds is 7. The van der Waals surface area contributed by atoms with E-state index >= 15 is 0 Å². The van der Waals surface area contributed by atoms with Crippen molar-refractivity contribution in [2.24, 2.45) is 5.41 Å². The third kappa shape index (κ3) is 6.83. The van der Waals surface area contributed by atoms with Gasteiger partial charge in [0.2, 0.25) is 11.8 Å². The average molecular weight is 342 g/mol. The molecule has 1 unspecified atom stereocenters. The van der Waals surface area contributed by atoms with Gasteiger partial charge in [-0.05, 0) is 23.1 Å². The Morgan fingerprint density at radius 3 is 2.40 bits per heavy atom. The predicted molar refractivity (Wildman–Crippen MR) is 96.7 cm³/mol. The van der Waals surface area contributed by atoms with Crippen LogP contribution in [0.25, 0.3) is 0 Å². The van der Waals surface area contributed by atoms with E-state index in [1.165, 1.54) is 0 Å². The smallest absolute Gasteiger partial charge is 0.243 e. The minimum absolute atomic E-state index is 0.124. The van der Waals surface area contributed by atoms with Gasteiger partial charge in [0.15, 0.2) is 0 Å². The van der Waals surface area contributed by atoms with Crippen LogP contribution in [0.2, 0.25) is 0 Å². The number of amides is 2. The van der Waals surface area contributed by atoms with Crippen LogP contribution in [0.1, 0.15) is 38.5 Å². The van der Waals surface area contributed by atoms with Crippen molar-refractivity contribution < 1.29 is 14.0 Å². The number of hydrogen-bond donors (Lipinski definition) is 2. The van der Waals surface area contributed by atoms with Crippen LogP contribution >= 0.6 is 0 Å². The van der Waals surface area contributed by atoms with Gasteiger partial charge in [0.05, 0.1) is 12.8 Å². The van der Waals surface area contributed by atoms with Crippen LogP contribution < -0.4 is 10.6 Å². The highest BCUT2D eigenvalue weighted by atomic mass is 16.3. The Balaban J connectivity index is 2.02. The molecule has 25 heavy (non-hydrogen) atoms. The fraction of sp³-hybridized carbons (Fsp3) is 0.400. The summed E-state index contributed by atoms with van der Waals surface area (Å²) in [6.45, 7) is 6.29. The lowest BCUT2D eigenvalue weighted by molar-refractivity contribution is -0.130. The zero-order valence-corrected chi connectivity index (χ0v) is 15.0. The summed E-state index contributed by atoms with van der Waals surface area (Å²) in [6, 6.07) is 12.6. The number of carbonyl (C=O) groups is 2. The van der Waals surface area contributed by atoms with Crippen LogP contribution in [0.5, 0.6) is 0 Å². The van der Waals surface area contributed by atoms with Gasteiger partial charge in [0, 0.05) is 12.8 Å². The van der Waals surface area contributed by atoms with E-state index in [-0.39, 0.29) is 17.2 Å². The second-order valence-corrected chi connectivity index (χ2v) is 7.34. The summed E-state index contributed by atoms with van der Waals surface area (Å²) < 4.78 is 5.23. The molecule has 0 bridgehead atoms. The quantitative estimate of drug-likeness (QED) is 0.812. The number of benzene rings is 1. The van der Waals surface area contributed by atoms with Gasteiger partial charge >= 0.3 is 0 Å². The van der Waals surface area contributed by atoms with E-state index in [1.807, 2.05) is 51.1 Å². The Hall–Kier alpha value is -2.56. The largest absolute Gasteiger partial charge is 0.467 e. The Morgan fingerprint density at radius 2 is 1.80 bits per heavy atom. The van der Waals surface area contributed by atoms with Crippen molar-refractivity contribution in [2.45, 2.75) is 46.2 Å². The summed E-state index contributed by atoms with van der Waals surface area (Å²) in [7, 11) is 0. The monoisotopic (exact) mass is 342 g/mol. The number of furan rings is 1. The van der Waals surface area contributed by atoms with Crippen molar-refractivity contribution in [1.29, 1.82) is 0 Å². The molecule has 1 heterocycles. The third-order valence-electron chi connectivity index (χ3n) is 3.64. The van der Waals surface area contributed by atoms with E-state index in [2.05, 4.69) is 10.6 Å². The summed E-state index contributed by atoms with van der Waals surface area (Å²) in [4.78, 5) is 24.9. The van der Waals surface area contributed by atoms with E-state index in [9.17, 15) is 9.59 Å². The van der Waals surface area contributed by atoms with Crippen LogP contribution in [0.15, 0.2) is 53.1 Å². The molecule has 5 heteroatoms. The van der Waals surface area contributed by atoms with Crippen molar-refractivity contribution in [1.82, 2.24) is 10.6 Å². The lowest BCUT2D eigenvalue weighted by atomic mass is 9.91. The molecule has 0 radical (unpaired) electrons. The maximum atomic E-state index is 12.6. The number of nitrogens with one attached hydrogen (secondary N) is 2. The van der Waals surface area contributed by atoms with Gasteiger partial charge in [-0.3, -0.25) is 9.59 Å². The molecule has 2 rings (SSSR count). The first-order valence-corrected chi connectivity index (χ1v) is 8.47. The van der Waals surface area contributed by atoms with Crippen LogP contribution in [0, 0.1) is 5.41 Å². The maximum Gasteiger partial charge on any atom is 0.243 e. The van der Waals surface area contributed by atoms with Crippen LogP contribution in [0.3, 0.4) is 0 Å². The number of carbonyl (C=O) groups excluding carboxylic acids is 2. The molecular formula is C20H26N2O3. The van der Waals surface area contributed by atoms with E-state index in [0.717, 1.165) is 5.56 Å². The molecule has 2 aromatic rings. The molecule has 0 fully saturated rings. The first-order valence-electron chi connectivity index (χ1n) is 8.47. The SMILES string of the molecule is CC(C)(C)CC(=O)NC(Cc1ccccc1)C(=O)NCc1ccco1. The summed E-state index contributed by atoms with van der Waals surface area (Å²) in [5.41, 5.74) is 0.864.